The Balaban J connectivity index is 2.09. The fraction of sp³-hybridized carbons (Fsp3) is 0.176. The van der Waals surface area contributed by atoms with Crippen LogP contribution in [0.2, 0.25) is 10.0 Å². The van der Waals surface area contributed by atoms with Gasteiger partial charge in [0, 0.05) is 21.8 Å². The third kappa shape index (κ3) is 5.55. The van der Waals surface area contributed by atoms with E-state index in [-0.39, 0.29) is 18.9 Å². The van der Waals surface area contributed by atoms with Crippen molar-refractivity contribution < 1.29 is 19.1 Å². The van der Waals surface area contributed by atoms with Gasteiger partial charge in [0.25, 0.3) is 5.91 Å². The van der Waals surface area contributed by atoms with E-state index in [0.717, 1.165) is 0 Å². The quantitative estimate of drug-likeness (QED) is 0.769. The monoisotopic (exact) mass is 382 g/mol. The molecule has 3 N–H and O–H groups in total. The first-order chi connectivity index (χ1) is 11.9. The first kappa shape index (κ1) is 18.9. The highest BCUT2D eigenvalue weighted by atomic mass is 35.5. The van der Waals surface area contributed by atoms with Gasteiger partial charge in [-0.3, -0.25) is 9.59 Å². The summed E-state index contributed by atoms with van der Waals surface area (Å²) in [7, 11) is 1.47. The lowest BCUT2D eigenvalue weighted by Crippen LogP contribution is -2.20. The normalized spacial score (nSPS) is 10.2. The average molecular weight is 383 g/mol. The van der Waals surface area contributed by atoms with Crippen LogP contribution in [-0.4, -0.2) is 25.5 Å². The first-order valence-electron chi connectivity index (χ1n) is 7.22. The van der Waals surface area contributed by atoms with E-state index in [9.17, 15) is 9.59 Å². The lowest BCUT2D eigenvalue weighted by molar-refractivity contribution is -0.120. The minimum absolute atomic E-state index is 0.0828. The zero-order chi connectivity index (χ0) is 18.4. The van der Waals surface area contributed by atoms with Gasteiger partial charge in [-0.2, -0.15) is 0 Å². The van der Waals surface area contributed by atoms with Gasteiger partial charge in [-0.05, 0) is 29.8 Å². The van der Waals surface area contributed by atoms with Crippen LogP contribution in [0.1, 0.15) is 5.56 Å². The van der Waals surface area contributed by atoms with E-state index in [1.165, 1.54) is 7.11 Å². The van der Waals surface area contributed by atoms with E-state index in [2.05, 4.69) is 5.32 Å². The van der Waals surface area contributed by atoms with Crippen LogP contribution in [0, 0.1) is 0 Å². The number of nitrogens with two attached hydrogens (primary N) is 1. The molecule has 0 spiro atoms. The summed E-state index contributed by atoms with van der Waals surface area (Å²) in [6, 6.07) is 9.75. The molecule has 2 aromatic rings. The average Bonchev–Trinajstić information content (AvgIpc) is 2.55. The number of rotatable bonds is 7. The van der Waals surface area contributed by atoms with Gasteiger partial charge in [0.05, 0.1) is 13.5 Å². The van der Waals surface area contributed by atoms with Crippen LogP contribution in [-0.2, 0) is 16.0 Å². The minimum atomic E-state index is -0.617. The van der Waals surface area contributed by atoms with Crippen LogP contribution < -0.4 is 20.5 Å². The Morgan fingerprint density at radius 2 is 1.88 bits per heavy atom. The van der Waals surface area contributed by atoms with E-state index in [1.54, 1.807) is 36.4 Å². The standard InChI is InChI=1S/C17H16Cl2N2O4/c1-24-14-5-4-12(8-15(14)25-9-16(20)22)21-17(23)6-10-2-3-11(18)7-13(10)19/h2-5,7-8H,6,9H2,1H3,(H2,20,22)(H,21,23). The zero-order valence-corrected chi connectivity index (χ0v) is 14.9. The smallest absolute Gasteiger partial charge is 0.255 e. The number of carbonyl (C=O) groups excluding carboxylic acids is 2. The zero-order valence-electron chi connectivity index (χ0n) is 13.3. The lowest BCUT2D eigenvalue weighted by Gasteiger charge is -2.12. The number of primary amides is 1. The molecule has 0 radical (unpaired) electrons. The molecule has 0 aliphatic heterocycles. The Morgan fingerprint density at radius 3 is 2.52 bits per heavy atom. The van der Waals surface area contributed by atoms with Gasteiger partial charge in [0.15, 0.2) is 18.1 Å². The van der Waals surface area contributed by atoms with Gasteiger partial charge < -0.3 is 20.5 Å². The molecule has 2 amide bonds. The van der Waals surface area contributed by atoms with Crippen LogP contribution >= 0.6 is 23.2 Å². The third-order valence-electron chi connectivity index (χ3n) is 3.18. The number of amides is 2. The second kappa shape index (κ2) is 8.60. The molecule has 0 fully saturated rings. The summed E-state index contributed by atoms with van der Waals surface area (Å²) in [6.07, 6.45) is 0.0828. The van der Waals surface area contributed by atoms with Gasteiger partial charge in [-0.1, -0.05) is 29.3 Å². The molecule has 0 bridgehead atoms. The SMILES string of the molecule is COc1ccc(NC(=O)Cc2ccc(Cl)cc2Cl)cc1OCC(N)=O. The highest BCUT2D eigenvalue weighted by Gasteiger charge is 2.11. The van der Waals surface area contributed by atoms with Gasteiger partial charge in [-0.25, -0.2) is 0 Å². The maximum absolute atomic E-state index is 12.2. The summed E-state index contributed by atoms with van der Waals surface area (Å²) >= 11 is 11.9. The highest BCUT2D eigenvalue weighted by molar-refractivity contribution is 6.35. The number of hydrogen-bond acceptors (Lipinski definition) is 4. The number of methoxy groups -OCH3 is 1. The maximum Gasteiger partial charge on any atom is 0.255 e. The number of hydrogen-bond donors (Lipinski definition) is 2. The molecule has 0 atom stereocenters. The van der Waals surface area contributed by atoms with E-state index in [0.29, 0.717) is 32.8 Å². The summed E-state index contributed by atoms with van der Waals surface area (Å²) in [5, 5.41) is 3.65. The number of ether oxygens (including phenoxy) is 2. The van der Waals surface area contributed by atoms with Crippen molar-refractivity contribution in [1.82, 2.24) is 0 Å². The van der Waals surface area contributed by atoms with Crippen molar-refractivity contribution in [2.45, 2.75) is 6.42 Å². The third-order valence-corrected chi connectivity index (χ3v) is 3.77. The molecule has 132 valence electrons. The second-order valence-electron chi connectivity index (χ2n) is 5.08. The molecular weight excluding hydrogens is 367 g/mol. The topological polar surface area (TPSA) is 90.7 Å². The van der Waals surface area contributed by atoms with E-state index in [4.69, 9.17) is 38.4 Å². The summed E-state index contributed by atoms with van der Waals surface area (Å²) < 4.78 is 10.4. The molecule has 0 aromatic heterocycles. The molecule has 0 aliphatic carbocycles. The van der Waals surface area contributed by atoms with Crippen LogP contribution in [0.25, 0.3) is 0 Å². The minimum Gasteiger partial charge on any atom is -0.493 e. The number of nitrogens with one attached hydrogen (secondary N) is 1. The second-order valence-corrected chi connectivity index (χ2v) is 5.92. The van der Waals surface area contributed by atoms with Crippen LogP contribution in [0.5, 0.6) is 11.5 Å². The predicted molar refractivity (Wildman–Crippen MR) is 96.5 cm³/mol. The van der Waals surface area contributed by atoms with Crippen LogP contribution in [0.15, 0.2) is 36.4 Å². The van der Waals surface area contributed by atoms with Crippen molar-refractivity contribution >= 4 is 40.7 Å². The van der Waals surface area contributed by atoms with Crippen molar-refractivity contribution in [2.75, 3.05) is 19.0 Å². The Labute approximate surface area is 154 Å². The summed E-state index contributed by atoms with van der Waals surface area (Å²) in [4.78, 5) is 23.1. The van der Waals surface area contributed by atoms with Gasteiger partial charge in [0.1, 0.15) is 0 Å². The molecule has 0 aliphatic rings. The fourth-order valence-corrected chi connectivity index (χ4v) is 2.53. The predicted octanol–water partition coefficient (Wildman–Crippen LogP) is 3.05. The van der Waals surface area contributed by atoms with Crippen molar-refractivity contribution in [3.05, 3.63) is 52.0 Å². The molecule has 0 saturated heterocycles. The van der Waals surface area contributed by atoms with E-state index in [1.807, 2.05) is 0 Å². The Morgan fingerprint density at radius 1 is 1.12 bits per heavy atom. The lowest BCUT2D eigenvalue weighted by atomic mass is 10.1. The van der Waals surface area contributed by atoms with Crippen molar-refractivity contribution in [3.63, 3.8) is 0 Å². The molecule has 2 aromatic carbocycles. The molecule has 2 rings (SSSR count). The molecule has 0 saturated carbocycles. The Hall–Kier alpha value is -2.44. The van der Waals surface area contributed by atoms with Crippen molar-refractivity contribution in [2.24, 2.45) is 5.73 Å². The summed E-state index contributed by atoms with van der Waals surface area (Å²) in [5.41, 5.74) is 6.20. The molecule has 6 nitrogen and oxygen atoms in total. The molecule has 8 heteroatoms. The Bertz CT molecular complexity index is 796. The van der Waals surface area contributed by atoms with Gasteiger partial charge in [0.2, 0.25) is 5.91 Å². The maximum atomic E-state index is 12.2. The highest BCUT2D eigenvalue weighted by Crippen LogP contribution is 2.30. The number of halogens is 2. The number of benzene rings is 2. The molecular formula is C17H16Cl2N2O4. The largest absolute Gasteiger partial charge is 0.493 e. The van der Waals surface area contributed by atoms with Crippen molar-refractivity contribution in [3.8, 4) is 11.5 Å². The van der Waals surface area contributed by atoms with E-state index >= 15 is 0 Å². The molecule has 25 heavy (non-hydrogen) atoms. The molecule has 0 heterocycles. The van der Waals surface area contributed by atoms with Gasteiger partial charge in [-0.15, -0.1) is 0 Å². The Kier molecular flexibility index (Phi) is 6.50. The van der Waals surface area contributed by atoms with E-state index < -0.39 is 5.91 Å². The van der Waals surface area contributed by atoms with Crippen molar-refractivity contribution in [1.29, 1.82) is 0 Å². The summed E-state index contributed by atoms with van der Waals surface area (Å²) in [6.45, 7) is -0.297. The summed E-state index contributed by atoms with van der Waals surface area (Å²) in [5.74, 6) is -0.173. The molecule has 0 unspecified atom stereocenters. The van der Waals surface area contributed by atoms with Crippen LogP contribution in [0.4, 0.5) is 5.69 Å². The number of anilines is 1. The fourth-order valence-electron chi connectivity index (χ4n) is 2.06. The van der Waals surface area contributed by atoms with Gasteiger partial charge >= 0.3 is 0 Å². The first-order valence-corrected chi connectivity index (χ1v) is 7.97. The number of carbonyl (C=O) groups is 2. The van der Waals surface area contributed by atoms with Crippen LogP contribution in [0.3, 0.4) is 0 Å².